The van der Waals surface area contributed by atoms with E-state index in [1.165, 1.54) is 13.3 Å². The molecule has 3 heteroatoms. The van der Waals surface area contributed by atoms with E-state index in [9.17, 15) is 9.59 Å². The van der Waals surface area contributed by atoms with Crippen molar-refractivity contribution in [2.45, 2.75) is 59.9 Å². The molecule has 0 aromatic heterocycles. The minimum Gasteiger partial charge on any atom is -0.298 e. The molecule has 1 fully saturated rings. The largest absolute Gasteiger partial charge is 0.298 e. The van der Waals surface area contributed by atoms with Crippen LogP contribution < -0.4 is 0 Å². The predicted octanol–water partition coefficient (Wildman–Crippen LogP) is 2.68. The van der Waals surface area contributed by atoms with Crippen LogP contribution >= 0.6 is 0 Å². The maximum atomic E-state index is 11.7. The van der Waals surface area contributed by atoms with Gasteiger partial charge < -0.3 is 0 Å². The molecule has 1 heterocycles. The molecule has 0 amide bonds. The van der Waals surface area contributed by atoms with E-state index in [0.717, 1.165) is 19.5 Å². The third-order valence-corrected chi connectivity index (χ3v) is 4.13. The zero-order chi connectivity index (χ0) is 14.1. The third kappa shape index (κ3) is 3.64. The number of carbonyl (C=O) groups is 2. The number of nitrogens with zero attached hydrogens (tertiary/aromatic N) is 1. The molecule has 1 unspecified atom stereocenters. The number of rotatable bonds is 5. The minimum atomic E-state index is -0.319. The summed E-state index contributed by atoms with van der Waals surface area (Å²) in [5.41, 5.74) is 0.351. The second kappa shape index (κ2) is 5.12. The van der Waals surface area contributed by atoms with E-state index in [2.05, 4.69) is 32.6 Å². The zero-order valence-electron chi connectivity index (χ0n) is 12.7. The van der Waals surface area contributed by atoms with Crippen LogP contribution in [0.1, 0.15) is 54.4 Å². The van der Waals surface area contributed by atoms with Crippen molar-refractivity contribution in [3.05, 3.63) is 0 Å². The first kappa shape index (κ1) is 15.4. The highest BCUT2D eigenvalue weighted by Crippen LogP contribution is 2.35. The summed E-state index contributed by atoms with van der Waals surface area (Å²) >= 11 is 0. The number of hydrogen-bond acceptors (Lipinski definition) is 3. The fourth-order valence-electron chi connectivity index (χ4n) is 2.95. The van der Waals surface area contributed by atoms with Crippen molar-refractivity contribution in [1.29, 1.82) is 0 Å². The van der Waals surface area contributed by atoms with E-state index in [4.69, 9.17) is 0 Å². The monoisotopic (exact) mass is 253 g/mol. The standard InChI is InChI=1S/C15H27NO2/c1-11(13(18)12(2)17)9-15(5,6)16-8-7-14(3,4)10-16/h11H,7-10H2,1-6H3. The molecule has 0 N–H and O–H groups in total. The molecule has 104 valence electrons. The fraction of sp³-hybridized carbons (Fsp3) is 0.867. The number of hydrogen-bond donors (Lipinski definition) is 0. The van der Waals surface area contributed by atoms with Crippen molar-refractivity contribution >= 4 is 11.6 Å². The Balaban J connectivity index is 2.65. The summed E-state index contributed by atoms with van der Waals surface area (Å²) in [6.07, 6.45) is 1.95. The van der Waals surface area contributed by atoms with Gasteiger partial charge in [0.15, 0.2) is 5.78 Å². The van der Waals surface area contributed by atoms with Crippen LogP contribution in [-0.4, -0.2) is 35.1 Å². The molecule has 0 spiro atoms. The summed E-state index contributed by atoms with van der Waals surface area (Å²) in [6, 6.07) is 0. The molecule has 1 saturated heterocycles. The molecule has 0 aromatic rings. The van der Waals surface area contributed by atoms with Gasteiger partial charge in [0.05, 0.1) is 0 Å². The van der Waals surface area contributed by atoms with Crippen molar-refractivity contribution in [2.24, 2.45) is 11.3 Å². The Morgan fingerprint density at radius 1 is 1.33 bits per heavy atom. The van der Waals surface area contributed by atoms with Gasteiger partial charge >= 0.3 is 0 Å². The van der Waals surface area contributed by atoms with Gasteiger partial charge in [-0.05, 0) is 38.6 Å². The van der Waals surface area contributed by atoms with Gasteiger partial charge in [0.25, 0.3) is 0 Å². The van der Waals surface area contributed by atoms with Gasteiger partial charge in [0.2, 0.25) is 5.78 Å². The minimum absolute atomic E-state index is 0.0156. The van der Waals surface area contributed by atoms with Crippen molar-refractivity contribution in [1.82, 2.24) is 4.90 Å². The second-order valence-corrected chi connectivity index (χ2v) is 7.17. The molecule has 3 nitrogen and oxygen atoms in total. The summed E-state index contributed by atoms with van der Waals surface area (Å²) in [7, 11) is 0. The molecule has 1 aliphatic rings. The van der Waals surface area contributed by atoms with E-state index >= 15 is 0 Å². The van der Waals surface area contributed by atoms with Gasteiger partial charge in [-0.3, -0.25) is 14.5 Å². The summed E-state index contributed by atoms with van der Waals surface area (Å²) in [5, 5.41) is 0. The van der Waals surface area contributed by atoms with E-state index in [-0.39, 0.29) is 23.0 Å². The average Bonchev–Trinajstić information content (AvgIpc) is 2.57. The van der Waals surface area contributed by atoms with Gasteiger partial charge in [-0.1, -0.05) is 20.8 Å². The molecule has 1 rings (SSSR count). The van der Waals surface area contributed by atoms with Gasteiger partial charge in [-0.2, -0.15) is 0 Å². The normalized spacial score (nSPS) is 21.9. The molecule has 0 saturated carbocycles. The van der Waals surface area contributed by atoms with E-state index < -0.39 is 0 Å². The Morgan fingerprint density at radius 3 is 2.28 bits per heavy atom. The third-order valence-electron chi connectivity index (χ3n) is 4.13. The Kier molecular flexibility index (Phi) is 4.37. The Hall–Kier alpha value is -0.700. The lowest BCUT2D eigenvalue weighted by molar-refractivity contribution is -0.138. The molecule has 18 heavy (non-hydrogen) atoms. The van der Waals surface area contributed by atoms with E-state index in [0.29, 0.717) is 5.41 Å². The quantitative estimate of drug-likeness (QED) is 0.707. The molecule has 0 aromatic carbocycles. The topological polar surface area (TPSA) is 37.4 Å². The van der Waals surface area contributed by atoms with Gasteiger partial charge in [0.1, 0.15) is 0 Å². The van der Waals surface area contributed by atoms with Crippen LogP contribution in [-0.2, 0) is 9.59 Å². The summed E-state index contributed by atoms with van der Waals surface area (Å²) < 4.78 is 0. The maximum Gasteiger partial charge on any atom is 0.200 e. The Labute approximate surface area is 111 Å². The first-order chi connectivity index (χ1) is 8.05. The number of carbonyl (C=O) groups excluding carboxylic acids is 2. The maximum absolute atomic E-state index is 11.7. The lowest BCUT2D eigenvalue weighted by Gasteiger charge is -2.38. The summed E-state index contributed by atoms with van der Waals surface area (Å²) in [5.74, 6) is -0.734. The number of Topliss-reactive ketones (excluding diaryl/α,β-unsaturated/α-hetero) is 2. The van der Waals surface area contributed by atoms with Crippen molar-refractivity contribution in [3.8, 4) is 0 Å². The lowest BCUT2D eigenvalue weighted by Crippen LogP contribution is -2.45. The van der Waals surface area contributed by atoms with Crippen LogP contribution in [0.2, 0.25) is 0 Å². The zero-order valence-corrected chi connectivity index (χ0v) is 12.7. The number of likely N-dealkylation sites (tertiary alicyclic amines) is 1. The second-order valence-electron chi connectivity index (χ2n) is 7.17. The summed E-state index contributed by atoms with van der Waals surface area (Å²) in [4.78, 5) is 25.3. The first-order valence-corrected chi connectivity index (χ1v) is 6.85. The predicted molar refractivity (Wildman–Crippen MR) is 73.5 cm³/mol. The van der Waals surface area contributed by atoms with Crippen LogP contribution in [0.5, 0.6) is 0 Å². The molecular weight excluding hydrogens is 226 g/mol. The van der Waals surface area contributed by atoms with Crippen molar-refractivity contribution in [2.75, 3.05) is 13.1 Å². The van der Waals surface area contributed by atoms with Gasteiger partial charge in [-0.25, -0.2) is 0 Å². The average molecular weight is 253 g/mol. The molecular formula is C15H27NO2. The Morgan fingerprint density at radius 2 is 1.89 bits per heavy atom. The van der Waals surface area contributed by atoms with Crippen LogP contribution in [0.3, 0.4) is 0 Å². The first-order valence-electron chi connectivity index (χ1n) is 6.85. The van der Waals surface area contributed by atoms with Crippen LogP contribution in [0.15, 0.2) is 0 Å². The molecule has 0 aliphatic carbocycles. The van der Waals surface area contributed by atoms with Crippen LogP contribution in [0, 0.1) is 11.3 Å². The van der Waals surface area contributed by atoms with Gasteiger partial charge in [0, 0.05) is 24.9 Å². The summed E-state index contributed by atoms with van der Waals surface area (Å²) in [6.45, 7) is 14.3. The SMILES string of the molecule is CC(=O)C(=O)C(C)CC(C)(C)N1CCC(C)(C)C1. The molecule has 0 bridgehead atoms. The van der Waals surface area contributed by atoms with E-state index in [1.54, 1.807) is 0 Å². The molecule has 1 atom stereocenters. The Bertz CT molecular complexity index is 344. The number of ketones is 2. The van der Waals surface area contributed by atoms with Gasteiger partial charge in [-0.15, -0.1) is 0 Å². The van der Waals surface area contributed by atoms with E-state index in [1.807, 2.05) is 6.92 Å². The fourth-order valence-corrected chi connectivity index (χ4v) is 2.95. The van der Waals surface area contributed by atoms with Crippen LogP contribution in [0.25, 0.3) is 0 Å². The van der Waals surface area contributed by atoms with Crippen molar-refractivity contribution in [3.63, 3.8) is 0 Å². The highest BCUT2D eigenvalue weighted by atomic mass is 16.2. The highest BCUT2D eigenvalue weighted by Gasteiger charge is 2.38. The molecule has 1 aliphatic heterocycles. The van der Waals surface area contributed by atoms with Crippen LogP contribution in [0.4, 0.5) is 0 Å². The lowest BCUT2D eigenvalue weighted by atomic mass is 9.86. The highest BCUT2D eigenvalue weighted by molar-refractivity contribution is 6.36. The van der Waals surface area contributed by atoms with Crippen molar-refractivity contribution < 1.29 is 9.59 Å². The molecule has 0 radical (unpaired) electrons. The smallest absolute Gasteiger partial charge is 0.200 e.